The first-order valence-corrected chi connectivity index (χ1v) is 9.29. The molecule has 2 aromatic carbocycles. The summed E-state index contributed by atoms with van der Waals surface area (Å²) < 4.78 is 0. The summed E-state index contributed by atoms with van der Waals surface area (Å²) in [4.78, 5) is 0. The Labute approximate surface area is 131 Å². The Morgan fingerprint density at radius 3 is 1.30 bits per heavy atom. The quantitative estimate of drug-likeness (QED) is 0.617. The summed E-state index contributed by atoms with van der Waals surface area (Å²) in [5.74, 6) is 2.29. The minimum Gasteiger partial charge on any atom is -0.153 e. The van der Waals surface area contributed by atoms with Gasteiger partial charge in [0.1, 0.15) is 0 Å². The molecule has 20 heavy (non-hydrogen) atoms. The minimum absolute atomic E-state index is 0.522. The predicted octanol–water partition coefficient (Wildman–Crippen LogP) is 5.98. The van der Waals surface area contributed by atoms with Crippen molar-refractivity contribution in [2.75, 3.05) is 11.5 Å². The van der Waals surface area contributed by atoms with Gasteiger partial charge in [0.25, 0.3) is 0 Å². The van der Waals surface area contributed by atoms with Gasteiger partial charge in [0, 0.05) is 10.5 Å². The molecule has 0 unspecified atom stereocenters. The van der Waals surface area contributed by atoms with Crippen LogP contribution in [-0.4, -0.2) is 11.5 Å². The summed E-state index contributed by atoms with van der Waals surface area (Å²) in [7, 11) is 0. The van der Waals surface area contributed by atoms with Gasteiger partial charge in [-0.25, -0.2) is 0 Å². The van der Waals surface area contributed by atoms with Gasteiger partial charge in [-0.05, 0) is 22.6 Å². The van der Waals surface area contributed by atoms with E-state index in [4.69, 9.17) is 0 Å². The lowest BCUT2D eigenvalue weighted by molar-refractivity contribution is 0.905. The van der Waals surface area contributed by atoms with Crippen molar-refractivity contribution >= 4 is 23.5 Å². The van der Waals surface area contributed by atoms with E-state index in [9.17, 15) is 0 Å². The first kappa shape index (κ1) is 15.5. The highest BCUT2D eigenvalue weighted by atomic mass is 32.2. The molecule has 0 spiro atoms. The molecule has 0 saturated carbocycles. The molecular formula is C18H22S2. The van der Waals surface area contributed by atoms with Crippen LogP contribution in [0.2, 0.25) is 0 Å². The Bertz CT molecular complexity index is 434. The molecule has 0 radical (unpaired) electrons. The van der Waals surface area contributed by atoms with Crippen LogP contribution in [0, 0.1) is 0 Å². The SMILES string of the molecule is CCS[C@H](c1ccccc1)[C@H](SCC)c1ccccc1. The largest absolute Gasteiger partial charge is 0.153 e. The second kappa shape index (κ2) is 8.43. The van der Waals surface area contributed by atoms with Crippen LogP contribution in [0.5, 0.6) is 0 Å². The lowest BCUT2D eigenvalue weighted by Crippen LogP contribution is -2.06. The summed E-state index contributed by atoms with van der Waals surface area (Å²) in [6.45, 7) is 4.50. The molecule has 0 bridgehead atoms. The molecule has 106 valence electrons. The maximum absolute atomic E-state index is 2.26. The van der Waals surface area contributed by atoms with Crippen LogP contribution in [-0.2, 0) is 0 Å². The van der Waals surface area contributed by atoms with E-state index in [1.807, 2.05) is 0 Å². The van der Waals surface area contributed by atoms with Gasteiger partial charge in [0.15, 0.2) is 0 Å². The fourth-order valence-electron chi connectivity index (χ4n) is 2.36. The van der Waals surface area contributed by atoms with Gasteiger partial charge in [-0.1, -0.05) is 74.5 Å². The van der Waals surface area contributed by atoms with Crippen LogP contribution >= 0.6 is 23.5 Å². The van der Waals surface area contributed by atoms with Crippen LogP contribution in [0.4, 0.5) is 0 Å². The smallest absolute Gasteiger partial charge is 0.0456 e. The van der Waals surface area contributed by atoms with Crippen molar-refractivity contribution in [3.05, 3.63) is 71.8 Å². The highest BCUT2D eigenvalue weighted by Crippen LogP contribution is 2.47. The van der Waals surface area contributed by atoms with Crippen molar-refractivity contribution in [1.82, 2.24) is 0 Å². The van der Waals surface area contributed by atoms with Crippen molar-refractivity contribution in [2.45, 2.75) is 24.3 Å². The Morgan fingerprint density at radius 1 is 0.650 bits per heavy atom. The van der Waals surface area contributed by atoms with Crippen LogP contribution in [0.25, 0.3) is 0 Å². The van der Waals surface area contributed by atoms with Gasteiger partial charge in [-0.15, -0.1) is 0 Å². The average Bonchev–Trinajstić information content (AvgIpc) is 2.52. The zero-order valence-corrected chi connectivity index (χ0v) is 13.8. The summed E-state index contributed by atoms with van der Waals surface area (Å²) >= 11 is 4.10. The molecule has 0 fully saturated rings. The molecule has 0 saturated heterocycles. The van der Waals surface area contributed by atoms with Crippen molar-refractivity contribution in [2.24, 2.45) is 0 Å². The normalized spacial score (nSPS) is 13.9. The molecule has 0 heterocycles. The van der Waals surface area contributed by atoms with Gasteiger partial charge in [0.2, 0.25) is 0 Å². The number of rotatable bonds is 7. The lowest BCUT2D eigenvalue weighted by Gasteiger charge is -2.27. The van der Waals surface area contributed by atoms with Gasteiger partial charge in [-0.3, -0.25) is 0 Å². The van der Waals surface area contributed by atoms with E-state index in [-0.39, 0.29) is 0 Å². The second-order valence-electron chi connectivity index (χ2n) is 4.57. The van der Waals surface area contributed by atoms with Crippen molar-refractivity contribution in [3.8, 4) is 0 Å². The molecule has 2 heteroatoms. The summed E-state index contributed by atoms with van der Waals surface area (Å²) in [6.07, 6.45) is 0. The Morgan fingerprint density at radius 2 is 1.00 bits per heavy atom. The molecule has 0 aliphatic carbocycles. The zero-order chi connectivity index (χ0) is 14.2. The molecule has 2 aromatic rings. The van der Waals surface area contributed by atoms with E-state index in [2.05, 4.69) is 98.0 Å². The second-order valence-corrected chi connectivity index (χ2v) is 7.41. The minimum atomic E-state index is 0.522. The Balaban J connectivity index is 2.33. The molecule has 2 atom stereocenters. The lowest BCUT2D eigenvalue weighted by atomic mass is 10.0. The van der Waals surface area contributed by atoms with Crippen molar-refractivity contribution < 1.29 is 0 Å². The van der Waals surface area contributed by atoms with E-state index >= 15 is 0 Å². The molecule has 0 aliphatic heterocycles. The van der Waals surface area contributed by atoms with E-state index in [0.717, 1.165) is 11.5 Å². The number of thioether (sulfide) groups is 2. The highest BCUT2D eigenvalue weighted by Gasteiger charge is 2.24. The number of benzene rings is 2. The zero-order valence-electron chi connectivity index (χ0n) is 12.2. The molecule has 0 N–H and O–H groups in total. The van der Waals surface area contributed by atoms with E-state index in [0.29, 0.717) is 10.5 Å². The predicted molar refractivity (Wildman–Crippen MR) is 94.6 cm³/mol. The van der Waals surface area contributed by atoms with Crippen LogP contribution in [0.3, 0.4) is 0 Å². The average molecular weight is 303 g/mol. The molecular weight excluding hydrogens is 280 g/mol. The summed E-state index contributed by atoms with van der Waals surface area (Å²) in [6, 6.07) is 21.9. The van der Waals surface area contributed by atoms with Crippen LogP contribution in [0.15, 0.2) is 60.7 Å². The van der Waals surface area contributed by atoms with E-state index in [1.54, 1.807) is 0 Å². The first-order chi connectivity index (χ1) is 9.86. The molecule has 0 aromatic heterocycles. The third kappa shape index (κ3) is 4.07. The maximum Gasteiger partial charge on any atom is 0.0456 e. The van der Waals surface area contributed by atoms with Gasteiger partial charge in [0.05, 0.1) is 0 Å². The fraction of sp³-hybridized carbons (Fsp3) is 0.333. The Kier molecular flexibility index (Phi) is 6.55. The number of hydrogen-bond donors (Lipinski definition) is 0. The molecule has 2 rings (SSSR count). The summed E-state index contributed by atoms with van der Waals surface area (Å²) in [5.41, 5.74) is 2.88. The first-order valence-electron chi connectivity index (χ1n) is 7.20. The third-order valence-electron chi connectivity index (χ3n) is 3.22. The van der Waals surface area contributed by atoms with E-state index in [1.165, 1.54) is 11.1 Å². The highest BCUT2D eigenvalue weighted by molar-refractivity contribution is 8.03. The van der Waals surface area contributed by atoms with Crippen molar-refractivity contribution in [3.63, 3.8) is 0 Å². The summed E-state index contributed by atoms with van der Waals surface area (Å²) in [5, 5.41) is 1.04. The molecule has 0 amide bonds. The van der Waals surface area contributed by atoms with Crippen LogP contribution < -0.4 is 0 Å². The van der Waals surface area contributed by atoms with Crippen LogP contribution in [0.1, 0.15) is 35.5 Å². The fourth-order valence-corrected chi connectivity index (χ4v) is 4.91. The van der Waals surface area contributed by atoms with Gasteiger partial charge in [-0.2, -0.15) is 23.5 Å². The standard InChI is InChI=1S/C18H22S2/c1-3-19-17(15-11-7-5-8-12-15)18(20-4-2)16-13-9-6-10-14-16/h5-14,17-18H,3-4H2,1-2H3/t17-,18-/m1/s1. The van der Waals surface area contributed by atoms with Gasteiger partial charge < -0.3 is 0 Å². The monoisotopic (exact) mass is 302 g/mol. The third-order valence-corrected chi connectivity index (χ3v) is 5.87. The topological polar surface area (TPSA) is 0 Å². The van der Waals surface area contributed by atoms with E-state index < -0.39 is 0 Å². The maximum atomic E-state index is 2.26. The van der Waals surface area contributed by atoms with Gasteiger partial charge >= 0.3 is 0 Å². The molecule has 0 nitrogen and oxygen atoms in total. The molecule has 0 aliphatic rings. The Hall–Kier alpha value is -0.860. The number of hydrogen-bond acceptors (Lipinski definition) is 2. The van der Waals surface area contributed by atoms with Crippen molar-refractivity contribution in [1.29, 1.82) is 0 Å².